The average molecular weight is 195 g/mol. The molecule has 0 aromatic heterocycles. The zero-order chi connectivity index (χ0) is 7.82. The van der Waals surface area contributed by atoms with Gasteiger partial charge in [-0.25, -0.2) is 0 Å². The minimum Gasteiger partial charge on any atom is -0.0622 e. The first-order valence-corrected chi connectivity index (χ1v) is 5.19. The molecule has 1 aromatic rings. The third kappa shape index (κ3) is 6.27. The van der Waals surface area contributed by atoms with Crippen LogP contribution in [0.5, 0.6) is 0 Å². The molecule has 0 saturated carbocycles. The van der Waals surface area contributed by atoms with Gasteiger partial charge in [0, 0.05) is 0 Å². The zero-order valence-electron chi connectivity index (χ0n) is 5.55. The molecular weight excluding hydrogens is 187 g/mol. The third-order valence-electron chi connectivity index (χ3n) is 0.940. The highest BCUT2D eigenvalue weighted by Crippen LogP contribution is 2.08. The molecule has 3 heteroatoms. The second kappa shape index (κ2) is 7.26. The minimum atomic E-state index is 0.694. The van der Waals surface area contributed by atoms with Gasteiger partial charge in [0.25, 0.3) is 0 Å². The molecule has 0 radical (unpaired) electrons. The van der Waals surface area contributed by atoms with Crippen molar-refractivity contribution in [2.24, 2.45) is 0 Å². The maximum Gasteiger partial charge on any atom is 0.0523 e. The lowest BCUT2D eigenvalue weighted by Crippen LogP contribution is -1.62. The van der Waals surface area contributed by atoms with Gasteiger partial charge in [0.1, 0.15) is 0 Å². The molecule has 10 heavy (non-hydrogen) atoms. The first-order valence-electron chi connectivity index (χ1n) is 2.72. The monoisotopic (exact) mass is 194 g/mol. The fraction of sp³-hybridized carbons (Fsp3) is 0.143. The first kappa shape index (κ1) is 10.2. The molecule has 1 aromatic carbocycles. The molecule has 0 aliphatic rings. The Kier molecular flexibility index (Phi) is 7.37. The highest BCUT2D eigenvalue weighted by molar-refractivity contribution is 8.38. The molecule has 0 N–H and O–H groups in total. The van der Waals surface area contributed by atoms with E-state index in [1.54, 1.807) is 0 Å². The van der Waals surface area contributed by atoms with Crippen LogP contribution in [0, 0.1) is 6.92 Å². The van der Waals surface area contributed by atoms with E-state index < -0.39 is 0 Å². The van der Waals surface area contributed by atoms with Crippen molar-refractivity contribution in [1.82, 2.24) is 0 Å². The van der Waals surface area contributed by atoms with E-state index in [4.69, 9.17) is 0 Å². The molecule has 0 atom stereocenters. The normalized spacial score (nSPS) is 7.90. The number of hydrogen-bond acceptors (Lipinski definition) is 1. The van der Waals surface area contributed by atoms with E-state index in [0.29, 0.717) is 10.2 Å². The summed E-state index contributed by atoms with van der Waals surface area (Å²) >= 11 is 0. The summed E-state index contributed by atoms with van der Waals surface area (Å²) in [7, 11) is 10.1. The highest BCUT2D eigenvalue weighted by atomic mass is 36.0. The average Bonchev–Trinajstić information content (AvgIpc) is 1.91. The minimum absolute atomic E-state index is 0.694. The summed E-state index contributed by atoms with van der Waals surface area (Å²) in [5, 5.41) is 0. The standard InChI is InChI=1S/C7H8.Cl2S/c1-7-5-3-2-4-6-7;1-3-2/h2-6H,1H3;. The maximum absolute atomic E-state index is 4.68. The fourth-order valence-corrected chi connectivity index (χ4v) is 0.534. The van der Waals surface area contributed by atoms with Crippen LogP contribution in [0.1, 0.15) is 5.56 Å². The number of benzene rings is 1. The molecule has 0 unspecified atom stereocenters. The molecule has 1 rings (SSSR count). The van der Waals surface area contributed by atoms with E-state index in [0.717, 1.165) is 0 Å². The van der Waals surface area contributed by atoms with Crippen LogP contribution >= 0.6 is 31.6 Å². The SMILES string of the molecule is Cc1ccccc1.ClSCl. The summed E-state index contributed by atoms with van der Waals surface area (Å²) in [5.41, 5.74) is 1.32. The van der Waals surface area contributed by atoms with Gasteiger partial charge < -0.3 is 0 Å². The molecule has 0 spiro atoms. The largest absolute Gasteiger partial charge is 0.0622 e. The Balaban J connectivity index is 0.000000236. The molecule has 0 fully saturated rings. The van der Waals surface area contributed by atoms with Crippen LogP contribution in [0.2, 0.25) is 0 Å². The van der Waals surface area contributed by atoms with Crippen molar-refractivity contribution >= 4 is 31.6 Å². The summed E-state index contributed by atoms with van der Waals surface area (Å²) in [6.45, 7) is 2.08. The van der Waals surface area contributed by atoms with Gasteiger partial charge in [-0.2, -0.15) is 0 Å². The Morgan fingerprint density at radius 1 is 1.10 bits per heavy atom. The van der Waals surface area contributed by atoms with Crippen LogP contribution in [0.15, 0.2) is 30.3 Å². The van der Waals surface area contributed by atoms with Crippen LogP contribution in [0.3, 0.4) is 0 Å². The van der Waals surface area contributed by atoms with Crippen LogP contribution in [0.4, 0.5) is 0 Å². The summed E-state index contributed by atoms with van der Waals surface area (Å²) in [4.78, 5) is 0. The predicted molar refractivity (Wildman–Crippen MR) is 50.5 cm³/mol. The van der Waals surface area contributed by atoms with Crippen molar-refractivity contribution in [2.45, 2.75) is 6.92 Å². The maximum atomic E-state index is 4.68. The first-order chi connectivity index (χ1) is 4.81. The summed E-state index contributed by atoms with van der Waals surface area (Å²) in [6, 6.07) is 10.3. The molecule has 56 valence electrons. The summed E-state index contributed by atoms with van der Waals surface area (Å²) in [6.07, 6.45) is 0. The van der Waals surface area contributed by atoms with Gasteiger partial charge in [-0.05, 0) is 28.3 Å². The number of aryl methyl sites for hydroxylation is 1. The van der Waals surface area contributed by atoms with Crippen molar-refractivity contribution in [2.75, 3.05) is 0 Å². The van der Waals surface area contributed by atoms with Crippen LogP contribution in [-0.4, -0.2) is 0 Å². The van der Waals surface area contributed by atoms with Gasteiger partial charge >= 0.3 is 0 Å². The third-order valence-corrected chi connectivity index (χ3v) is 0.940. The molecule has 0 saturated heterocycles. The smallest absolute Gasteiger partial charge is 0.0523 e. The van der Waals surface area contributed by atoms with Crippen LogP contribution in [0.25, 0.3) is 0 Å². The molecule has 0 nitrogen and oxygen atoms in total. The predicted octanol–water partition coefficient (Wildman–Crippen LogP) is 4.02. The Bertz CT molecular complexity index is 153. The lowest BCUT2D eigenvalue weighted by atomic mass is 10.2. The highest BCUT2D eigenvalue weighted by Gasteiger charge is 1.72. The van der Waals surface area contributed by atoms with Crippen molar-refractivity contribution in [3.05, 3.63) is 35.9 Å². The molecule has 0 heterocycles. The van der Waals surface area contributed by atoms with Gasteiger partial charge in [0.15, 0.2) is 0 Å². The van der Waals surface area contributed by atoms with Crippen molar-refractivity contribution in [3.63, 3.8) is 0 Å². The number of halogens is 2. The Morgan fingerprint density at radius 2 is 1.50 bits per heavy atom. The van der Waals surface area contributed by atoms with E-state index in [2.05, 4.69) is 40.4 Å². The molecule has 0 amide bonds. The Hall–Kier alpha value is 0.150. The topological polar surface area (TPSA) is 0 Å². The molecule has 0 aliphatic heterocycles. The van der Waals surface area contributed by atoms with Crippen molar-refractivity contribution in [3.8, 4) is 0 Å². The van der Waals surface area contributed by atoms with E-state index >= 15 is 0 Å². The lowest BCUT2D eigenvalue weighted by Gasteiger charge is -1.82. The van der Waals surface area contributed by atoms with Gasteiger partial charge in [-0.1, -0.05) is 35.9 Å². The van der Waals surface area contributed by atoms with Gasteiger partial charge in [0.05, 0.1) is 10.2 Å². The number of hydrogen-bond donors (Lipinski definition) is 0. The van der Waals surface area contributed by atoms with E-state index in [1.165, 1.54) is 5.56 Å². The summed E-state index contributed by atoms with van der Waals surface area (Å²) in [5.74, 6) is 0. The van der Waals surface area contributed by atoms with Gasteiger partial charge in [0.2, 0.25) is 0 Å². The van der Waals surface area contributed by atoms with E-state index in [9.17, 15) is 0 Å². The number of rotatable bonds is 0. The van der Waals surface area contributed by atoms with Gasteiger partial charge in [-0.3, -0.25) is 0 Å². The van der Waals surface area contributed by atoms with Crippen molar-refractivity contribution in [1.29, 1.82) is 0 Å². The Morgan fingerprint density at radius 3 is 1.70 bits per heavy atom. The van der Waals surface area contributed by atoms with Crippen molar-refractivity contribution < 1.29 is 0 Å². The quantitative estimate of drug-likeness (QED) is 0.602. The van der Waals surface area contributed by atoms with E-state index in [-0.39, 0.29) is 0 Å². The molecule has 0 bridgehead atoms. The molecule has 0 aliphatic carbocycles. The lowest BCUT2D eigenvalue weighted by molar-refractivity contribution is 1.48. The zero-order valence-corrected chi connectivity index (χ0v) is 7.88. The fourth-order valence-electron chi connectivity index (χ4n) is 0.534. The second-order valence-corrected chi connectivity index (χ2v) is 3.23. The summed E-state index contributed by atoms with van der Waals surface area (Å²) < 4.78 is 0. The Labute approximate surface area is 74.5 Å². The van der Waals surface area contributed by atoms with Crippen LogP contribution < -0.4 is 0 Å². The second-order valence-electron chi connectivity index (χ2n) is 1.71. The van der Waals surface area contributed by atoms with E-state index in [1.807, 2.05) is 18.2 Å². The van der Waals surface area contributed by atoms with Crippen LogP contribution in [-0.2, 0) is 0 Å². The molecular formula is C7H8Cl2S. The van der Waals surface area contributed by atoms with Gasteiger partial charge in [-0.15, -0.1) is 0 Å².